The molecule has 1 atom stereocenters. The van der Waals surface area contributed by atoms with Crippen LogP contribution in [0.5, 0.6) is 5.75 Å². The third-order valence-corrected chi connectivity index (χ3v) is 6.32. The molecular weight excluding hydrogens is 386 g/mol. The molecule has 1 unspecified atom stereocenters. The summed E-state index contributed by atoms with van der Waals surface area (Å²) in [5.74, 6) is 0.794. The molecule has 31 heavy (non-hydrogen) atoms. The van der Waals surface area contributed by atoms with E-state index in [1.807, 2.05) is 55.5 Å². The van der Waals surface area contributed by atoms with E-state index in [0.29, 0.717) is 30.8 Å². The number of nitrogens with zero attached hydrogens (tertiary/aromatic N) is 1. The molecule has 1 aromatic heterocycles. The van der Waals surface area contributed by atoms with Crippen LogP contribution in [0.15, 0.2) is 82.0 Å². The molecule has 0 saturated carbocycles. The van der Waals surface area contributed by atoms with E-state index in [4.69, 9.17) is 9.15 Å². The van der Waals surface area contributed by atoms with Crippen LogP contribution in [0.4, 0.5) is 0 Å². The van der Waals surface area contributed by atoms with Crippen molar-refractivity contribution in [2.75, 3.05) is 6.73 Å². The van der Waals surface area contributed by atoms with Crippen molar-refractivity contribution in [3.05, 3.63) is 111 Å². The molecule has 0 saturated heterocycles. The van der Waals surface area contributed by atoms with Gasteiger partial charge < -0.3 is 9.15 Å². The third kappa shape index (κ3) is 3.64. The van der Waals surface area contributed by atoms with Crippen LogP contribution >= 0.6 is 0 Å². The molecule has 156 valence electrons. The molecule has 0 fully saturated rings. The minimum Gasteiger partial charge on any atom is -0.478 e. The second-order valence-corrected chi connectivity index (χ2v) is 8.18. The summed E-state index contributed by atoms with van der Waals surface area (Å²) in [5, 5.41) is 0.974. The molecule has 4 aromatic rings. The summed E-state index contributed by atoms with van der Waals surface area (Å²) < 4.78 is 12.0. The minimum atomic E-state index is -0.268. The molecule has 1 aliphatic heterocycles. The Bertz CT molecular complexity index is 1280. The predicted molar refractivity (Wildman–Crippen MR) is 122 cm³/mol. The van der Waals surface area contributed by atoms with Crippen molar-refractivity contribution in [1.82, 2.24) is 4.90 Å². The zero-order valence-corrected chi connectivity index (χ0v) is 17.8. The standard InChI is InChI=1S/C27H25NO3/c1-18-22-13-14-25-24(16-28(17-30-25)19(2)21-11-7-4-8-12-21)26(22)31-27(29)23(18)15-20-9-5-3-6-10-20/h3-14,19H,15-17H2,1-2H3. The summed E-state index contributed by atoms with van der Waals surface area (Å²) in [6.45, 7) is 5.36. The Balaban J connectivity index is 1.54. The maximum atomic E-state index is 13.0. The van der Waals surface area contributed by atoms with Crippen molar-refractivity contribution in [2.45, 2.75) is 32.9 Å². The molecule has 1 aliphatic rings. The largest absolute Gasteiger partial charge is 0.478 e. The molecule has 2 heterocycles. The van der Waals surface area contributed by atoms with E-state index in [9.17, 15) is 4.79 Å². The fourth-order valence-electron chi connectivity index (χ4n) is 4.37. The molecule has 4 heteroatoms. The van der Waals surface area contributed by atoms with Gasteiger partial charge >= 0.3 is 5.63 Å². The van der Waals surface area contributed by atoms with E-state index in [1.54, 1.807) is 0 Å². The van der Waals surface area contributed by atoms with Crippen molar-refractivity contribution < 1.29 is 9.15 Å². The Morgan fingerprint density at radius 2 is 1.68 bits per heavy atom. The first-order valence-electron chi connectivity index (χ1n) is 10.7. The highest BCUT2D eigenvalue weighted by atomic mass is 16.5. The van der Waals surface area contributed by atoms with E-state index in [1.165, 1.54) is 5.56 Å². The van der Waals surface area contributed by atoms with Gasteiger partial charge in [0, 0.05) is 30.0 Å². The normalized spacial score (nSPS) is 14.8. The predicted octanol–water partition coefficient (Wildman–Crippen LogP) is 5.61. The van der Waals surface area contributed by atoms with E-state index < -0.39 is 0 Å². The molecule has 0 radical (unpaired) electrons. The first-order chi connectivity index (χ1) is 15.1. The zero-order chi connectivity index (χ0) is 21.4. The van der Waals surface area contributed by atoms with Crippen LogP contribution < -0.4 is 10.4 Å². The van der Waals surface area contributed by atoms with Crippen molar-refractivity contribution in [3.8, 4) is 5.75 Å². The van der Waals surface area contributed by atoms with Crippen LogP contribution in [0.3, 0.4) is 0 Å². The van der Waals surface area contributed by atoms with Gasteiger partial charge in [-0.05, 0) is 42.7 Å². The third-order valence-electron chi connectivity index (χ3n) is 6.32. The molecule has 0 spiro atoms. The number of benzene rings is 3. The maximum Gasteiger partial charge on any atom is 0.340 e. The Morgan fingerprint density at radius 1 is 0.968 bits per heavy atom. The summed E-state index contributed by atoms with van der Waals surface area (Å²) in [7, 11) is 0. The summed E-state index contributed by atoms with van der Waals surface area (Å²) >= 11 is 0. The first kappa shape index (κ1) is 19.6. The van der Waals surface area contributed by atoms with Crippen molar-refractivity contribution in [1.29, 1.82) is 0 Å². The quantitative estimate of drug-likeness (QED) is 0.410. The fourth-order valence-corrected chi connectivity index (χ4v) is 4.37. The molecule has 5 rings (SSSR count). The lowest BCUT2D eigenvalue weighted by molar-refractivity contribution is 0.0620. The van der Waals surface area contributed by atoms with Gasteiger partial charge in [-0.15, -0.1) is 0 Å². The number of aryl methyl sites for hydroxylation is 1. The van der Waals surface area contributed by atoms with Crippen LogP contribution in [0.25, 0.3) is 11.0 Å². The van der Waals surface area contributed by atoms with Gasteiger partial charge in [-0.3, -0.25) is 4.90 Å². The van der Waals surface area contributed by atoms with Gasteiger partial charge in [0.15, 0.2) is 0 Å². The number of hydrogen-bond acceptors (Lipinski definition) is 4. The van der Waals surface area contributed by atoms with Crippen molar-refractivity contribution in [2.24, 2.45) is 0 Å². The van der Waals surface area contributed by atoms with Gasteiger partial charge in [0.25, 0.3) is 0 Å². The van der Waals surface area contributed by atoms with Gasteiger partial charge in [-0.1, -0.05) is 60.7 Å². The topological polar surface area (TPSA) is 42.7 Å². The van der Waals surface area contributed by atoms with E-state index in [-0.39, 0.29) is 11.7 Å². The van der Waals surface area contributed by atoms with Crippen molar-refractivity contribution in [3.63, 3.8) is 0 Å². The number of ether oxygens (including phenoxy) is 1. The lowest BCUT2D eigenvalue weighted by Crippen LogP contribution is -2.34. The fraction of sp³-hybridized carbons (Fsp3) is 0.222. The van der Waals surface area contributed by atoms with Crippen LogP contribution in [-0.4, -0.2) is 11.6 Å². The molecule has 0 amide bonds. The smallest absolute Gasteiger partial charge is 0.340 e. The molecule has 3 aromatic carbocycles. The lowest BCUT2D eigenvalue weighted by Gasteiger charge is -2.34. The maximum absolute atomic E-state index is 13.0. The van der Waals surface area contributed by atoms with E-state index in [0.717, 1.165) is 27.8 Å². The van der Waals surface area contributed by atoms with Crippen molar-refractivity contribution >= 4 is 11.0 Å². The minimum absolute atomic E-state index is 0.190. The highest BCUT2D eigenvalue weighted by Crippen LogP contribution is 2.36. The van der Waals surface area contributed by atoms with Gasteiger partial charge in [-0.2, -0.15) is 0 Å². The molecule has 0 aliphatic carbocycles. The Kier molecular flexibility index (Phi) is 5.08. The number of rotatable bonds is 4. The van der Waals surface area contributed by atoms with E-state index >= 15 is 0 Å². The van der Waals surface area contributed by atoms with Gasteiger partial charge in [-0.25, -0.2) is 4.79 Å². The summed E-state index contributed by atoms with van der Waals surface area (Å²) in [4.78, 5) is 15.2. The van der Waals surface area contributed by atoms with Gasteiger partial charge in [0.05, 0.1) is 5.56 Å². The van der Waals surface area contributed by atoms with Gasteiger partial charge in [0.2, 0.25) is 0 Å². The SMILES string of the molecule is Cc1c(Cc2ccccc2)c(=O)oc2c3c(ccc12)OCN(C(C)c1ccccc1)C3. The summed E-state index contributed by atoms with van der Waals surface area (Å²) in [6.07, 6.45) is 0.565. The monoisotopic (exact) mass is 411 g/mol. The van der Waals surface area contributed by atoms with Crippen LogP contribution in [-0.2, 0) is 13.0 Å². The Hall–Kier alpha value is -3.37. The average molecular weight is 412 g/mol. The highest BCUT2D eigenvalue weighted by molar-refractivity contribution is 5.86. The number of hydrogen-bond donors (Lipinski definition) is 0. The van der Waals surface area contributed by atoms with E-state index in [2.05, 4.69) is 36.1 Å². The molecular formula is C27H25NO3. The molecule has 0 N–H and O–H groups in total. The Labute approximate surface area is 181 Å². The Morgan fingerprint density at radius 3 is 2.42 bits per heavy atom. The second-order valence-electron chi connectivity index (χ2n) is 8.18. The number of fused-ring (bicyclic) bond motifs is 3. The molecule has 0 bridgehead atoms. The zero-order valence-electron chi connectivity index (χ0n) is 17.8. The van der Waals surface area contributed by atoms with Crippen LogP contribution in [0.2, 0.25) is 0 Å². The average Bonchev–Trinajstić information content (AvgIpc) is 2.82. The first-order valence-corrected chi connectivity index (χ1v) is 10.7. The molecule has 4 nitrogen and oxygen atoms in total. The lowest BCUT2D eigenvalue weighted by atomic mass is 9.97. The van der Waals surface area contributed by atoms with Crippen LogP contribution in [0.1, 0.15) is 40.8 Å². The van der Waals surface area contributed by atoms with Crippen LogP contribution in [0, 0.1) is 6.92 Å². The summed E-state index contributed by atoms with van der Waals surface area (Å²) in [5.41, 5.74) is 5.34. The second kappa shape index (κ2) is 8.05. The van der Waals surface area contributed by atoms with Gasteiger partial charge in [0.1, 0.15) is 18.1 Å². The summed E-state index contributed by atoms with van der Waals surface area (Å²) in [6, 6.07) is 24.6. The highest BCUT2D eigenvalue weighted by Gasteiger charge is 2.26.